The van der Waals surface area contributed by atoms with Crippen molar-refractivity contribution in [2.24, 2.45) is 5.92 Å². The predicted molar refractivity (Wildman–Crippen MR) is 62.9 cm³/mol. The number of likely N-dealkylation sites (N-methyl/N-ethyl adjacent to an activating group) is 1. The van der Waals surface area contributed by atoms with Crippen molar-refractivity contribution in [3.8, 4) is 0 Å². The number of hydrogen-bond acceptors (Lipinski definition) is 2. The zero-order valence-electron chi connectivity index (χ0n) is 10.6. The minimum atomic E-state index is -0.314. The van der Waals surface area contributed by atoms with Gasteiger partial charge in [-0.15, -0.1) is 0 Å². The van der Waals surface area contributed by atoms with Gasteiger partial charge in [0, 0.05) is 7.05 Å². The number of amides is 2. The Morgan fingerprint density at radius 3 is 2.50 bits per heavy atom. The summed E-state index contributed by atoms with van der Waals surface area (Å²) >= 11 is 0. The molecule has 1 heterocycles. The molecule has 1 saturated heterocycles. The molecule has 2 unspecified atom stereocenters. The van der Waals surface area contributed by atoms with Crippen molar-refractivity contribution in [2.45, 2.75) is 52.1 Å². The van der Waals surface area contributed by atoms with E-state index in [1.807, 2.05) is 6.92 Å². The molecular weight excluding hydrogens is 204 g/mol. The van der Waals surface area contributed by atoms with E-state index < -0.39 is 0 Å². The molecule has 1 N–H and O–H groups in total. The van der Waals surface area contributed by atoms with Gasteiger partial charge in [0.1, 0.15) is 12.1 Å². The van der Waals surface area contributed by atoms with Crippen LogP contribution in [0.1, 0.15) is 40.0 Å². The van der Waals surface area contributed by atoms with Crippen LogP contribution in [0.25, 0.3) is 0 Å². The van der Waals surface area contributed by atoms with Gasteiger partial charge in [0.25, 0.3) is 0 Å². The van der Waals surface area contributed by atoms with Crippen LogP contribution < -0.4 is 5.32 Å². The number of rotatable bonds is 4. The lowest BCUT2D eigenvalue weighted by Crippen LogP contribution is -2.62. The summed E-state index contributed by atoms with van der Waals surface area (Å²) in [5.74, 6) is 0.454. The standard InChI is InChI=1S/C12H22N2O2/c1-5-6-9-12(16)14(4)10(7-8(2)3)11(15)13-9/h8-10H,5-7H2,1-4H3,(H,13,15). The Morgan fingerprint density at radius 1 is 1.38 bits per heavy atom. The van der Waals surface area contributed by atoms with E-state index in [9.17, 15) is 9.59 Å². The SMILES string of the molecule is CCCC1NC(=O)C(CC(C)C)N(C)C1=O. The number of carbonyl (C=O) groups excluding carboxylic acids is 2. The van der Waals surface area contributed by atoms with Crippen LogP contribution in [0.3, 0.4) is 0 Å². The van der Waals surface area contributed by atoms with E-state index in [1.165, 1.54) is 0 Å². The van der Waals surface area contributed by atoms with E-state index in [-0.39, 0.29) is 23.9 Å². The van der Waals surface area contributed by atoms with Crippen molar-refractivity contribution >= 4 is 11.8 Å². The zero-order chi connectivity index (χ0) is 12.3. The third kappa shape index (κ3) is 2.74. The Kier molecular flexibility index (Phi) is 4.33. The van der Waals surface area contributed by atoms with Crippen LogP contribution in [0.5, 0.6) is 0 Å². The van der Waals surface area contributed by atoms with E-state index in [2.05, 4.69) is 19.2 Å². The summed E-state index contributed by atoms with van der Waals surface area (Å²) in [4.78, 5) is 25.4. The molecule has 1 rings (SSSR count). The van der Waals surface area contributed by atoms with Gasteiger partial charge in [-0.25, -0.2) is 0 Å². The summed E-state index contributed by atoms with van der Waals surface area (Å²) in [6.07, 6.45) is 2.36. The molecule has 0 radical (unpaired) electrons. The molecule has 16 heavy (non-hydrogen) atoms. The molecule has 0 aromatic carbocycles. The summed E-state index contributed by atoms with van der Waals surface area (Å²) in [7, 11) is 1.73. The fraction of sp³-hybridized carbons (Fsp3) is 0.833. The topological polar surface area (TPSA) is 49.4 Å². The molecule has 4 heteroatoms. The molecule has 1 fully saturated rings. The van der Waals surface area contributed by atoms with Gasteiger partial charge >= 0.3 is 0 Å². The number of carbonyl (C=O) groups is 2. The van der Waals surface area contributed by atoms with Crippen LogP contribution in [0, 0.1) is 5.92 Å². The molecule has 0 saturated carbocycles. The van der Waals surface area contributed by atoms with Gasteiger partial charge in [0.15, 0.2) is 0 Å². The van der Waals surface area contributed by atoms with Crippen LogP contribution >= 0.6 is 0 Å². The molecule has 0 aromatic rings. The Labute approximate surface area is 97.4 Å². The molecule has 2 amide bonds. The molecule has 1 aliphatic rings. The average Bonchev–Trinajstić information content (AvgIpc) is 2.21. The summed E-state index contributed by atoms with van der Waals surface area (Å²) in [5.41, 5.74) is 0. The Hall–Kier alpha value is -1.06. The van der Waals surface area contributed by atoms with Crippen LogP contribution in [0.4, 0.5) is 0 Å². The summed E-state index contributed by atoms with van der Waals surface area (Å²) < 4.78 is 0. The number of hydrogen-bond donors (Lipinski definition) is 1. The second-order valence-corrected chi connectivity index (χ2v) is 4.94. The van der Waals surface area contributed by atoms with Crippen molar-refractivity contribution in [1.29, 1.82) is 0 Å². The zero-order valence-corrected chi connectivity index (χ0v) is 10.6. The van der Waals surface area contributed by atoms with Gasteiger partial charge in [-0.05, 0) is 18.8 Å². The lowest BCUT2D eigenvalue weighted by molar-refractivity contribution is -0.148. The highest BCUT2D eigenvalue weighted by molar-refractivity contribution is 5.96. The second-order valence-electron chi connectivity index (χ2n) is 4.94. The first-order valence-corrected chi connectivity index (χ1v) is 6.04. The average molecular weight is 226 g/mol. The van der Waals surface area contributed by atoms with Gasteiger partial charge in [0.05, 0.1) is 0 Å². The first-order chi connectivity index (χ1) is 7.47. The molecule has 0 aromatic heterocycles. The number of nitrogens with zero attached hydrogens (tertiary/aromatic N) is 1. The Morgan fingerprint density at radius 2 is 2.00 bits per heavy atom. The quantitative estimate of drug-likeness (QED) is 0.782. The summed E-state index contributed by atoms with van der Waals surface area (Å²) in [5, 5.41) is 2.82. The molecule has 1 aliphatic heterocycles. The van der Waals surface area contributed by atoms with Crippen molar-refractivity contribution in [2.75, 3.05) is 7.05 Å². The fourth-order valence-corrected chi connectivity index (χ4v) is 2.10. The fourth-order valence-electron chi connectivity index (χ4n) is 2.10. The van der Waals surface area contributed by atoms with E-state index >= 15 is 0 Å². The third-order valence-corrected chi connectivity index (χ3v) is 3.00. The van der Waals surface area contributed by atoms with Crippen molar-refractivity contribution < 1.29 is 9.59 Å². The summed E-state index contributed by atoms with van der Waals surface area (Å²) in [6, 6.07) is -0.605. The second kappa shape index (κ2) is 5.32. The first kappa shape index (κ1) is 13.0. The van der Waals surface area contributed by atoms with Crippen molar-refractivity contribution in [1.82, 2.24) is 10.2 Å². The highest BCUT2D eigenvalue weighted by Crippen LogP contribution is 2.17. The molecular formula is C12H22N2O2. The lowest BCUT2D eigenvalue weighted by atomic mass is 9.97. The van der Waals surface area contributed by atoms with Gasteiger partial charge in [0.2, 0.25) is 11.8 Å². The lowest BCUT2D eigenvalue weighted by Gasteiger charge is -2.37. The van der Waals surface area contributed by atoms with Gasteiger partial charge in [-0.3, -0.25) is 9.59 Å². The minimum absolute atomic E-state index is 0.00532. The molecule has 0 spiro atoms. The van der Waals surface area contributed by atoms with Crippen molar-refractivity contribution in [3.05, 3.63) is 0 Å². The van der Waals surface area contributed by atoms with Gasteiger partial charge in [-0.1, -0.05) is 27.2 Å². The van der Waals surface area contributed by atoms with Gasteiger partial charge in [-0.2, -0.15) is 0 Å². The normalized spacial score (nSPS) is 26.2. The Bertz CT molecular complexity index is 276. The van der Waals surface area contributed by atoms with Gasteiger partial charge < -0.3 is 10.2 Å². The Balaban J connectivity index is 2.72. The molecule has 0 aliphatic carbocycles. The number of nitrogens with one attached hydrogen (secondary N) is 1. The molecule has 92 valence electrons. The predicted octanol–water partition coefficient (Wildman–Crippen LogP) is 1.16. The molecule has 0 bridgehead atoms. The maximum absolute atomic E-state index is 12.0. The van der Waals surface area contributed by atoms with Crippen LogP contribution in [-0.2, 0) is 9.59 Å². The van der Waals surface area contributed by atoms with Crippen LogP contribution in [0.15, 0.2) is 0 Å². The maximum atomic E-state index is 12.0. The van der Waals surface area contributed by atoms with E-state index in [4.69, 9.17) is 0 Å². The molecule has 2 atom stereocenters. The largest absolute Gasteiger partial charge is 0.343 e. The van der Waals surface area contributed by atoms with Crippen LogP contribution in [0.2, 0.25) is 0 Å². The highest BCUT2D eigenvalue weighted by Gasteiger charge is 2.37. The van der Waals surface area contributed by atoms with Crippen LogP contribution in [-0.4, -0.2) is 35.8 Å². The van der Waals surface area contributed by atoms with E-state index in [0.717, 1.165) is 19.3 Å². The minimum Gasteiger partial charge on any atom is -0.343 e. The van der Waals surface area contributed by atoms with E-state index in [0.29, 0.717) is 5.92 Å². The first-order valence-electron chi connectivity index (χ1n) is 6.04. The third-order valence-electron chi connectivity index (χ3n) is 3.00. The van der Waals surface area contributed by atoms with E-state index in [1.54, 1.807) is 11.9 Å². The molecule has 4 nitrogen and oxygen atoms in total. The maximum Gasteiger partial charge on any atom is 0.245 e. The smallest absolute Gasteiger partial charge is 0.245 e. The van der Waals surface area contributed by atoms with Crippen molar-refractivity contribution in [3.63, 3.8) is 0 Å². The number of piperazine rings is 1. The summed E-state index contributed by atoms with van der Waals surface area (Å²) in [6.45, 7) is 6.13. The highest BCUT2D eigenvalue weighted by atomic mass is 16.2. The monoisotopic (exact) mass is 226 g/mol.